The van der Waals surface area contributed by atoms with Gasteiger partial charge in [-0.3, -0.25) is 14.5 Å². The Balaban J connectivity index is 1.46. The first kappa shape index (κ1) is 19.1. The quantitative estimate of drug-likeness (QED) is 0.782. The van der Waals surface area contributed by atoms with Crippen molar-refractivity contribution >= 4 is 11.8 Å². The zero-order chi connectivity index (χ0) is 19.6. The van der Waals surface area contributed by atoms with E-state index in [1.54, 1.807) is 18.7 Å². The first-order valence-corrected chi connectivity index (χ1v) is 10.3. The van der Waals surface area contributed by atoms with Gasteiger partial charge in [0, 0.05) is 17.9 Å². The highest BCUT2D eigenvalue weighted by Gasteiger charge is 2.58. The number of piperidine rings is 1. The third-order valence-corrected chi connectivity index (χ3v) is 7.83. The Kier molecular flexibility index (Phi) is 4.33. The van der Waals surface area contributed by atoms with E-state index in [1.807, 2.05) is 0 Å². The third-order valence-electron chi connectivity index (χ3n) is 7.83. The lowest BCUT2D eigenvalue weighted by molar-refractivity contribution is -0.151. The Morgan fingerprint density at radius 2 is 1.78 bits per heavy atom. The molecule has 1 aliphatic heterocycles. The molecular weight excluding hydrogens is 352 g/mol. The van der Waals surface area contributed by atoms with E-state index in [-0.39, 0.29) is 48.1 Å². The van der Waals surface area contributed by atoms with Crippen molar-refractivity contribution < 1.29 is 18.4 Å². The number of nitrogens with zero attached hydrogens (tertiary/aromatic N) is 1. The number of amides is 2. The second kappa shape index (κ2) is 6.13. The Morgan fingerprint density at radius 3 is 2.33 bits per heavy atom. The van der Waals surface area contributed by atoms with Crippen molar-refractivity contribution in [3.63, 3.8) is 0 Å². The fourth-order valence-corrected chi connectivity index (χ4v) is 6.48. The summed E-state index contributed by atoms with van der Waals surface area (Å²) in [6.45, 7) is 3.63. The van der Waals surface area contributed by atoms with E-state index < -0.39 is 11.5 Å². The van der Waals surface area contributed by atoms with Crippen LogP contribution < -0.4 is 11.1 Å². The van der Waals surface area contributed by atoms with Gasteiger partial charge in [0.2, 0.25) is 11.8 Å². The number of primary amides is 1. The lowest BCUT2D eigenvalue weighted by Crippen LogP contribution is -2.66. The molecule has 5 fully saturated rings. The number of hydrogen-bond acceptors (Lipinski definition) is 3. The average molecular weight is 383 g/mol. The van der Waals surface area contributed by atoms with E-state index >= 15 is 0 Å². The number of nitrogens with two attached hydrogens (primary N) is 1. The highest BCUT2D eigenvalue weighted by molar-refractivity contribution is 5.86. The van der Waals surface area contributed by atoms with Gasteiger partial charge in [0.25, 0.3) is 5.92 Å². The minimum atomic E-state index is -2.73. The number of halogens is 2. The average Bonchev–Trinajstić information content (AvgIpc) is 2.56. The summed E-state index contributed by atoms with van der Waals surface area (Å²) in [5.74, 6) is -2.03. The summed E-state index contributed by atoms with van der Waals surface area (Å²) in [5, 5.41) is 3.21. The van der Waals surface area contributed by atoms with Gasteiger partial charge < -0.3 is 11.1 Å². The maximum absolute atomic E-state index is 13.8. The molecule has 0 aromatic heterocycles. The van der Waals surface area contributed by atoms with E-state index in [2.05, 4.69) is 5.32 Å². The fourth-order valence-electron chi connectivity index (χ4n) is 6.48. The number of carbonyl (C=O) groups is 2. The Labute approximate surface area is 159 Å². The first-order valence-electron chi connectivity index (χ1n) is 10.3. The largest absolute Gasteiger partial charge is 0.369 e. The number of nitrogens with one attached hydrogen (secondary N) is 1. The van der Waals surface area contributed by atoms with Crippen LogP contribution in [0, 0.1) is 23.2 Å². The zero-order valence-corrected chi connectivity index (χ0v) is 16.3. The second-order valence-electron chi connectivity index (χ2n) is 10.1. The molecule has 4 aliphatic carbocycles. The Bertz CT molecular complexity index is 635. The number of likely N-dealkylation sites (tertiary alicyclic amines) is 1. The predicted molar refractivity (Wildman–Crippen MR) is 96.9 cm³/mol. The van der Waals surface area contributed by atoms with Crippen LogP contribution in [-0.4, -0.2) is 47.3 Å². The van der Waals surface area contributed by atoms with Gasteiger partial charge in [-0.1, -0.05) is 0 Å². The summed E-state index contributed by atoms with van der Waals surface area (Å²) >= 11 is 0. The Hall–Kier alpha value is -1.24. The van der Waals surface area contributed by atoms with Crippen LogP contribution in [0.4, 0.5) is 8.78 Å². The molecule has 5 rings (SSSR count). The maximum Gasteiger partial charge on any atom is 0.260 e. The summed E-state index contributed by atoms with van der Waals surface area (Å²) in [6, 6.07) is 0.0334. The smallest absolute Gasteiger partial charge is 0.260 e. The summed E-state index contributed by atoms with van der Waals surface area (Å²) in [4.78, 5) is 26.8. The highest BCUT2D eigenvalue weighted by atomic mass is 19.3. The topological polar surface area (TPSA) is 75.4 Å². The van der Waals surface area contributed by atoms with Gasteiger partial charge in [-0.25, -0.2) is 8.78 Å². The van der Waals surface area contributed by atoms with Crippen LogP contribution in [0.15, 0.2) is 0 Å². The molecule has 0 aromatic rings. The van der Waals surface area contributed by atoms with E-state index in [9.17, 15) is 18.4 Å². The fraction of sp³-hybridized carbons (Fsp3) is 0.900. The molecule has 3 N–H and O–H groups in total. The molecule has 1 heterocycles. The summed E-state index contributed by atoms with van der Waals surface area (Å²) in [7, 11) is 0. The van der Waals surface area contributed by atoms with Gasteiger partial charge in [0.1, 0.15) is 0 Å². The van der Waals surface area contributed by atoms with Gasteiger partial charge in [0.15, 0.2) is 0 Å². The van der Waals surface area contributed by atoms with Crippen molar-refractivity contribution in [3.8, 4) is 0 Å². The molecule has 2 amide bonds. The number of hydrogen-bond donors (Lipinski definition) is 2. The second-order valence-corrected chi connectivity index (χ2v) is 10.1. The van der Waals surface area contributed by atoms with Crippen LogP contribution in [-0.2, 0) is 9.59 Å². The molecule has 0 aromatic carbocycles. The lowest BCUT2D eigenvalue weighted by atomic mass is 9.47. The van der Waals surface area contributed by atoms with Crippen LogP contribution >= 0.6 is 0 Å². The summed E-state index contributed by atoms with van der Waals surface area (Å²) in [6.07, 6.45) is 4.75. The lowest BCUT2D eigenvalue weighted by Gasteiger charge is -2.59. The van der Waals surface area contributed by atoms with Crippen molar-refractivity contribution in [1.29, 1.82) is 0 Å². The molecule has 7 heteroatoms. The van der Waals surface area contributed by atoms with Gasteiger partial charge in [-0.15, -0.1) is 0 Å². The van der Waals surface area contributed by atoms with Crippen LogP contribution in [0.3, 0.4) is 0 Å². The molecule has 5 nitrogen and oxygen atoms in total. The van der Waals surface area contributed by atoms with Crippen molar-refractivity contribution in [1.82, 2.24) is 10.2 Å². The standard InChI is InChI=1S/C20H31F2N3O2/c1-18(2,25-5-3-4-20(21,22)11-25)17(27)24-15-13-6-12-7-14(15)10-19(8-12,9-13)16(23)26/h12-15H,3-11H2,1-2H3,(H2,23,26)(H,24,27)/t12?,13-,14+,15?,19?. The molecule has 4 bridgehead atoms. The van der Waals surface area contributed by atoms with E-state index in [0.29, 0.717) is 18.9 Å². The molecule has 27 heavy (non-hydrogen) atoms. The third kappa shape index (κ3) is 3.15. The Morgan fingerprint density at radius 1 is 1.15 bits per heavy atom. The number of alkyl halides is 2. The first-order chi connectivity index (χ1) is 12.5. The summed E-state index contributed by atoms with van der Waals surface area (Å²) in [5.41, 5.74) is 4.37. The van der Waals surface area contributed by atoms with Gasteiger partial charge >= 0.3 is 0 Å². The number of rotatable bonds is 4. The molecular formula is C20H31F2N3O2. The van der Waals surface area contributed by atoms with Crippen LogP contribution in [0.25, 0.3) is 0 Å². The predicted octanol–water partition coefficient (Wildman–Crippen LogP) is 2.29. The van der Waals surface area contributed by atoms with Crippen LogP contribution in [0.1, 0.15) is 58.8 Å². The van der Waals surface area contributed by atoms with Crippen molar-refractivity contribution in [2.45, 2.75) is 76.3 Å². The van der Waals surface area contributed by atoms with Gasteiger partial charge in [-0.05, 0) is 76.7 Å². The van der Waals surface area contributed by atoms with Gasteiger partial charge in [-0.2, -0.15) is 0 Å². The molecule has 1 saturated heterocycles. The zero-order valence-electron chi connectivity index (χ0n) is 16.3. The molecule has 0 radical (unpaired) electrons. The molecule has 5 atom stereocenters. The maximum atomic E-state index is 13.8. The van der Waals surface area contributed by atoms with Crippen molar-refractivity contribution in [3.05, 3.63) is 0 Å². The SMILES string of the molecule is CC(C)(C(=O)NC1[C@@H]2CC3C[C@H]1CC(C(N)=O)(C3)C2)N1CCCC(F)(F)C1. The van der Waals surface area contributed by atoms with E-state index in [1.165, 1.54) is 0 Å². The van der Waals surface area contributed by atoms with E-state index in [4.69, 9.17) is 5.73 Å². The summed E-state index contributed by atoms with van der Waals surface area (Å²) < 4.78 is 27.7. The molecule has 152 valence electrons. The van der Waals surface area contributed by atoms with Gasteiger partial charge in [0.05, 0.1) is 12.1 Å². The molecule has 4 saturated carbocycles. The van der Waals surface area contributed by atoms with E-state index in [0.717, 1.165) is 32.1 Å². The number of carbonyl (C=O) groups excluding carboxylic acids is 2. The highest BCUT2D eigenvalue weighted by Crippen LogP contribution is 2.60. The molecule has 5 aliphatic rings. The molecule has 3 unspecified atom stereocenters. The van der Waals surface area contributed by atoms with Crippen molar-refractivity contribution in [2.75, 3.05) is 13.1 Å². The minimum Gasteiger partial charge on any atom is -0.369 e. The normalized spacial score (nSPS) is 40.7. The molecule has 0 spiro atoms. The van der Waals surface area contributed by atoms with Crippen LogP contribution in [0.5, 0.6) is 0 Å². The van der Waals surface area contributed by atoms with Crippen molar-refractivity contribution in [2.24, 2.45) is 28.9 Å². The monoisotopic (exact) mass is 383 g/mol. The minimum absolute atomic E-state index is 0.0334. The van der Waals surface area contributed by atoms with Crippen LogP contribution in [0.2, 0.25) is 0 Å².